The zero-order chi connectivity index (χ0) is 17.4. The minimum Gasteiger partial charge on any atom is -0.317 e. The molecule has 4 nitrogen and oxygen atoms in total. The second-order valence-corrected chi connectivity index (χ2v) is 8.03. The van der Waals surface area contributed by atoms with Gasteiger partial charge in [0.05, 0.1) is 0 Å². The van der Waals surface area contributed by atoms with Gasteiger partial charge in [0.1, 0.15) is 0 Å². The van der Waals surface area contributed by atoms with Crippen LogP contribution in [0.25, 0.3) is 0 Å². The van der Waals surface area contributed by atoms with E-state index in [0.29, 0.717) is 17.1 Å². The van der Waals surface area contributed by atoms with E-state index in [1.54, 1.807) is 12.3 Å². The molecule has 1 amide bonds. The molecule has 1 saturated carbocycles. The first-order valence-electron chi connectivity index (χ1n) is 8.46. The normalized spacial score (nSPS) is 21.3. The number of nitrogens with zero attached hydrogens (tertiary/aromatic N) is 1. The molecule has 132 valence electrons. The topological polar surface area (TPSA) is 54.0 Å². The Labute approximate surface area is 148 Å². The number of aromatic nitrogens is 1. The maximum atomic E-state index is 13.3. The van der Waals surface area contributed by atoms with Crippen molar-refractivity contribution >= 4 is 22.4 Å². The van der Waals surface area contributed by atoms with Crippen LogP contribution in [0.5, 0.6) is 0 Å². The highest BCUT2D eigenvalue weighted by Crippen LogP contribution is 2.58. The SMILES string of the molecule is O=C(Nc1ncc(Cc2ccc(F)c(F)c2)s1)C1CC12CCNCC2. The Kier molecular flexibility index (Phi) is 4.29. The molecule has 1 saturated heterocycles. The predicted octanol–water partition coefficient (Wildman–Crippen LogP) is 3.34. The lowest BCUT2D eigenvalue weighted by molar-refractivity contribution is -0.118. The van der Waals surface area contributed by atoms with Gasteiger partial charge in [-0.15, -0.1) is 11.3 Å². The van der Waals surface area contributed by atoms with E-state index >= 15 is 0 Å². The van der Waals surface area contributed by atoms with Crippen LogP contribution in [0.3, 0.4) is 0 Å². The van der Waals surface area contributed by atoms with Gasteiger partial charge in [-0.3, -0.25) is 4.79 Å². The van der Waals surface area contributed by atoms with Gasteiger partial charge in [-0.25, -0.2) is 13.8 Å². The summed E-state index contributed by atoms with van der Waals surface area (Å²) in [7, 11) is 0. The van der Waals surface area contributed by atoms with E-state index in [4.69, 9.17) is 0 Å². The first-order valence-corrected chi connectivity index (χ1v) is 9.28. The third kappa shape index (κ3) is 3.43. The van der Waals surface area contributed by atoms with Crippen LogP contribution in [0, 0.1) is 23.0 Å². The molecule has 1 aliphatic carbocycles. The van der Waals surface area contributed by atoms with Crippen molar-refractivity contribution in [1.29, 1.82) is 0 Å². The van der Waals surface area contributed by atoms with Gasteiger partial charge in [0.25, 0.3) is 0 Å². The van der Waals surface area contributed by atoms with Crippen molar-refractivity contribution in [2.45, 2.75) is 25.7 Å². The van der Waals surface area contributed by atoms with Crippen LogP contribution in [0.2, 0.25) is 0 Å². The van der Waals surface area contributed by atoms with Crippen molar-refractivity contribution < 1.29 is 13.6 Å². The summed E-state index contributed by atoms with van der Waals surface area (Å²) in [6.45, 7) is 1.97. The van der Waals surface area contributed by atoms with Crippen LogP contribution >= 0.6 is 11.3 Å². The molecule has 25 heavy (non-hydrogen) atoms. The highest BCUT2D eigenvalue weighted by Gasteiger charge is 2.57. The van der Waals surface area contributed by atoms with Gasteiger partial charge in [-0.1, -0.05) is 6.07 Å². The summed E-state index contributed by atoms with van der Waals surface area (Å²) in [5.74, 6) is -1.56. The quantitative estimate of drug-likeness (QED) is 0.876. The molecular weight excluding hydrogens is 344 g/mol. The van der Waals surface area contributed by atoms with E-state index in [0.717, 1.165) is 43.3 Å². The molecule has 1 aliphatic heterocycles. The van der Waals surface area contributed by atoms with Crippen LogP contribution in [-0.2, 0) is 11.2 Å². The van der Waals surface area contributed by atoms with E-state index < -0.39 is 11.6 Å². The van der Waals surface area contributed by atoms with E-state index in [1.165, 1.54) is 17.4 Å². The molecule has 1 atom stereocenters. The molecule has 2 aromatic rings. The number of carbonyl (C=O) groups is 1. The summed E-state index contributed by atoms with van der Waals surface area (Å²) >= 11 is 1.37. The number of anilines is 1. The molecule has 1 aromatic carbocycles. The molecule has 2 aliphatic rings. The van der Waals surface area contributed by atoms with Gasteiger partial charge in [0.2, 0.25) is 5.91 Å². The molecule has 1 aromatic heterocycles. The van der Waals surface area contributed by atoms with Crippen LogP contribution in [0.4, 0.5) is 13.9 Å². The number of benzene rings is 1. The van der Waals surface area contributed by atoms with Gasteiger partial charge >= 0.3 is 0 Å². The average molecular weight is 363 g/mol. The number of carbonyl (C=O) groups excluding carboxylic acids is 1. The largest absolute Gasteiger partial charge is 0.317 e. The summed E-state index contributed by atoms with van der Waals surface area (Å²) < 4.78 is 26.3. The van der Waals surface area contributed by atoms with Gasteiger partial charge in [0.15, 0.2) is 16.8 Å². The molecule has 0 bridgehead atoms. The second kappa shape index (κ2) is 6.46. The van der Waals surface area contributed by atoms with Crippen LogP contribution < -0.4 is 10.6 Å². The number of piperidine rings is 1. The molecule has 2 fully saturated rings. The Balaban J connectivity index is 1.37. The molecule has 1 unspecified atom stereocenters. The van der Waals surface area contributed by atoms with Crippen molar-refractivity contribution in [1.82, 2.24) is 10.3 Å². The third-order valence-electron chi connectivity index (χ3n) is 5.25. The first-order chi connectivity index (χ1) is 12.1. The summed E-state index contributed by atoms with van der Waals surface area (Å²) in [6.07, 6.45) is 5.22. The lowest BCUT2D eigenvalue weighted by atomic mass is 9.92. The fourth-order valence-corrected chi connectivity index (χ4v) is 4.54. The van der Waals surface area contributed by atoms with Gasteiger partial charge in [0, 0.05) is 23.4 Å². The minimum absolute atomic E-state index is 0.0515. The van der Waals surface area contributed by atoms with Gasteiger partial charge in [-0.2, -0.15) is 0 Å². The lowest BCUT2D eigenvalue weighted by Crippen LogP contribution is -2.31. The van der Waals surface area contributed by atoms with Gasteiger partial charge in [-0.05, 0) is 55.5 Å². The van der Waals surface area contributed by atoms with Gasteiger partial charge < -0.3 is 10.6 Å². The van der Waals surface area contributed by atoms with Crippen molar-refractivity contribution in [3.05, 3.63) is 46.5 Å². The van der Waals surface area contributed by atoms with E-state index in [2.05, 4.69) is 15.6 Å². The van der Waals surface area contributed by atoms with E-state index in [1.807, 2.05) is 0 Å². The van der Waals surface area contributed by atoms with E-state index in [-0.39, 0.29) is 17.2 Å². The Morgan fingerprint density at radius 3 is 2.88 bits per heavy atom. The number of hydrogen-bond donors (Lipinski definition) is 2. The van der Waals surface area contributed by atoms with Crippen LogP contribution in [0.15, 0.2) is 24.4 Å². The van der Waals surface area contributed by atoms with Crippen molar-refractivity contribution in [3.63, 3.8) is 0 Å². The minimum atomic E-state index is -0.850. The second-order valence-electron chi connectivity index (χ2n) is 6.92. The molecule has 1 spiro atoms. The monoisotopic (exact) mass is 363 g/mol. The highest BCUT2D eigenvalue weighted by atomic mass is 32.1. The van der Waals surface area contributed by atoms with Crippen molar-refractivity contribution in [2.24, 2.45) is 11.3 Å². The molecule has 7 heteroatoms. The van der Waals surface area contributed by atoms with Crippen molar-refractivity contribution in [3.8, 4) is 0 Å². The fourth-order valence-electron chi connectivity index (χ4n) is 3.69. The van der Waals surface area contributed by atoms with Crippen LogP contribution in [-0.4, -0.2) is 24.0 Å². The zero-order valence-corrected chi connectivity index (χ0v) is 14.5. The molecule has 2 heterocycles. The molecule has 4 rings (SSSR count). The molecule has 2 N–H and O–H groups in total. The number of halogens is 2. The standard InChI is InChI=1S/C18H19F2N3OS/c19-14-2-1-11(8-15(14)20)7-12-10-22-17(25-12)23-16(24)13-9-18(13)3-5-21-6-4-18/h1-2,8,10,13,21H,3-7,9H2,(H,22,23,24). The Hall–Kier alpha value is -1.86. The van der Waals surface area contributed by atoms with Crippen LogP contribution in [0.1, 0.15) is 29.7 Å². The summed E-state index contributed by atoms with van der Waals surface area (Å²) in [5, 5.41) is 6.82. The Bertz CT molecular complexity index is 801. The maximum Gasteiger partial charge on any atom is 0.229 e. The van der Waals surface area contributed by atoms with Crippen molar-refractivity contribution in [2.75, 3.05) is 18.4 Å². The number of hydrogen-bond acceptors (Lipinski definition) is 4. The number of nitrogens with one attached hydrogen (secondary N) is 2. The third-order valence-corrected chi connectivity index (χ3v) is 6.16. The maximum absolute atomic E-state index is 13.3. The molecule has 0 radical (unpaired) electrons. The highest BCUT2D eigenvalue weighted by molar-refractivity contribution is 7.15. The zero-order valence-electron chi connectivity index (χ0n) is 13.6. The fraction of sp³-hybridized carbons (Fsp3) is 0.444. The smallest absolute Gasteiger partial charge is 0.229 e. The Morgan fingerprint density at radius 2 is 2.12 bits per heavy atom. The summed E-state index contributed by atoms with van der Waals surface area (Å²) in [5.41, 5.74) is 0.873. The molecular formula is C18H19F2N3OS. The number of amides is 1. The van der Waals surface area contributed by atoms with E-state index in [9.17, 15) is 13.6 Å². The summed E-state index contributed by atoms with van der Waals surface area (Å²) in [4.78, 5) is 17.6. The number of thiazole rings is 1. The predicted molar refractivity (Wildman–Crippen MR) is 92.6 cm³/mol. The lowest BCUT2D eigenvalue weighted by Gasteiger charge is -2.22. The summed E-state index contributed by atoms with van der Waals surface area (Å²) in [6, 6.07) is 3.87. The average Bonchev–Trinajstić information content (AvgIpc) is 3.10. The first kappa shape index (κ1) is 16.6. The Morgan fingerprint density at radius 1 is 1.32 bits per heavy atom. The number of rotatable bonds is 4.